The number of aliphatic hydroxyl groups excluding tert-OH is 1. The van der Waals surface area contributed by atoms with Gasteiger partial charge in [0.15, 0.2) is 0 Å². The summed E-state index contributed by atoms with van der Waals surface area (Å²) in [7, 11) is 0. The maximum absolute atomic E-state index is 12.1. The molecule has 0 saturated carbocycles. The van der Waals surface area contributed by atoms with E-state index in [4.69, 9.17) is 9.84 Å². The fourth-order valence-corrected chi connectivity index (χ4v) is 2.39. The second-order valence-electron chi connectivity index (χ2n) is 5.15. The zero-order chi connectivity index (χ0) is 15.1. The minimum absolute atomic E-state index is 0.0931. The minimum Gasteiger partial charge on any atom is -0.489 e. The van der Waals surface area contributed by atoms with E-state index in [-0.39, 0.29) is 18.6 Å². The Bertz CT molecular complexity index is 490. The third-order valence-corrected chi connectivity index (χ3v) is 3.59. The third kappa shape index (κ3) is 4.23. The van der Waals surface area contributed by atoms with Crippen LogP contribution in [0.4, 0.5) is 4.79 Å². The highest BCUT2D eigenvalue weighted by Gasteiger charge is 2.25. The summed E-state index contributed by atoms with van der Waals surface area (Å²) in [6, 6.07) is 7.53. The number of aliphatic hydroxyl groups is 1. The Morgan fingerprint density at radius 2 is 2.33 bits per heavy atom. The molecule has 2 N–H and O–H groups in total. The molecule has 1 fully saturated rings. The van der Waals surface area contributed by atoms with Gasteiger partial charge >= 0.3 is 6.03 Å². The Kier molecular flexibility index (Phi) is 5.63. The smallest absolute Gasteiger partial charge is 0.317 e. The predicted octanol–water partition coefficient (Wildman–Crippen LogP) is 1.78. The van der Waals surface area contributed by atoms with Crippen LogP contribution < -0.4 is 10.1 Å². The number of carbonyl (C=O) groups excluding carboxylic acids is 1. The van der Waals surface area contributed by atoms with Crippen LogP contribution >= 0.6 is 0 Å². The van der Waals surface area contributed by atoms with Gasteiger partial charge in [-0.05, 0) is 12.5 Å². The SMILES string of the molecule is C=CCOc1ccccc1CNC(=O)N1CCC(CO)C1. The molecule has 1 saturated heterocycles. The van der Waals surface area contributed by atoms with Crippen LogP contribution in [-0.2, 0) is 6.54 Å². The van der Waals surface area contributed by atoms with Crippen LogP contribution in [0.2, 0.25) is 0 Å². The lowest BCUT2D eigenvalue weighted by Gasteiger charge is -2.18. The van der Waals surface area contributed by atoms with Crippen molar-refractivity contribution in [3.05, 3.63) is 42.5 Å². The number of hydrogen-bond acceptors (Lipinski definition) is 3. The average molecular weight is 290 g/mol. The number of hydrogen-bond donors (Lipinski definition) is 2. The first-order chi connectivity index (χ1) is 10.2. The van der Waals surface area contributed by atoms with E-state index < -0.39 is 0 Å². The second-order valence-corrected chi connectivity index (χ2v) is 5.15. The lowest BCUT2D eigenvalue weighted by Crippen LogP contribution is -2.38. The number of nitrogens with zero attached hydrogens (tertiary/aromatic N) is 1. The first kappa shape index (κ1) is 15.4. The van der Waals surface area contributed by atoms with Crippen molar-refractivity contribution in [2.24, 2.45) is 5.92 Å². The van der Waals surface area contributed by atoms with E-state index in [1.165, 1.54) is 0 Å². The zero-order valence-electron chi connectivity index (χ0n) is 12.1. The first-order valence-electron chi connectivity index (χ1n) is 7.19. The second kappa shape index (κ2) is 7.69. The highest BCUT2D eigenvalue weighted by Crippen LogP contribution is 2.19. The van der Waals surface area contributed by atoms with Gasteiger partial charge in [0, 0.05) is 37.7 Å². The van der Waals surface area contributed by atoms with Crippen molar-refractivity contribution in [3.63, 3.8) is 0 Å². The lowest BCUT2D eigenvalue weighted by atomic mass is 10.1. The number of ether oxygens (including phenoxy) is 1. The van der Waals surface area contributed by atoms with Gasteiger partial charge in [-0.15, -0.1) is 0 Å². The lowest BCUT2D eigenvalue weighted by molar-refractivity contribution is 0.198. The Balaban J connectivity index is 1.88. The molecule has 1 aliphatic heterocycles. The van der Waals surface area contributed by atoms with Crippen LogP contribution in [-0.4, -0.2) is 42.3 Å². The van der Waals surface area contributed by atoms with Crippen molar-refractivity contribution in [1.29, 1.82) is 0 Å². The van der Waals surface area contributed by atoms with Crippen LogP contribution in [0.5, 0.6) is 5.75 Å². The van der Waals surface area contributed by atoms with E-state index in [0.717, 1.165) is 17.7 Å². The Labute approximate surface area is 125 Å². The fraction of sp³-hybridized carbons (Fsp3) is 0.438. The van der Waals surface area contributed by atoms with E-state index in [1.807, 2.05) is 24.3 Å². The quantitative estimate of drug-likeness (QED) is 0.785. The number of rotatable bonds is 6. The average Bonchev–Trinajstić information content (AvgIpc) is 3.00. The highest BCUT2D eigenvalue weighted by atomic mass is 16.5. The fourth-order valence-electron chi connectivity index (χ4n) is 2.39. The zero-order valence-corrected chi connectivity index (χ0v) is 12.1. The Morgan fingerprint density at radius 3 is 3.05 bits per heavy atom. The molecular formula is C16H22N2O3. The number of nitrogens with one attached hydrogen (secondary N) is 1. The van der Waals surface area contributed by atoms with Crippen LogP contribution in [0, 0.1) is 5.92 Å². The van der Waals surface area contributed by atoms with Gasteiger partial charge in [-0.2, -0.15) is 0 Å². The van der Waals surface area contributed by atoms with E-state index in [0.29, 0.717) is 26.2 Å². The van der Waals surface area contributed by atoms with Gasteiger partial charge in [0.2, 0.25) is 0 Å². The number of carbonyl (C=O) groups is 1. The number of para-hydroxylation sites is 1. The molecule has 5 nitrogen and oxygen atoms in total. The maximum Gasteiger partial charge on any atom is 0.317 e. The van der Waals surface area contributed by atoms with Crippen molar-refractivity contribution in [3.8, 4) is 5.75 Å². The van der Waals surface area contributed by atoms with Crippen molar-refractivity contribution in [1.82, 2.24) is 10.2 Å². The van der Waals surface area contributed by atoms with Crippen molar-refractivity contribution >= 4 is 6.03 Å². The van der Waals surface area contributed by atoms with Gasteiger partial charge in [-0.25, -0.2) is 4.79 Å². The molecule has 1 unspecified atom stereocenters. The van der Waals surface area contributed by atoms with Gasteiger partial charge in [0.05, 0.1) is 0 Å². The van der Waals surface area contributed by atoms with Crippen LogP contribution in [0.1, 0.15) is 12.0 Å². The summed E-state index contributed by atoms with van der Waals surface area (Å²) >= 11 is 0. The summed E-state index contributed by atoms with van der Waals surface area (Å²) in [6.07, 6.45) is 2.55. The molecule has 1 aromatic carbocycles. The Morgan fingerprint density at radius 1 is 1.52 bits per heavy atom. The molecule has 0 spiro atoms. The number of benzene rings is 1. The molecule has 1 aromatic rings. The number of amides is 2. The minimum atomic E-state index is -0.0931. The molecule has 5 heteroatoms. The Hall–Kier alpha value is -2.01. The van der Waals surface area contributed by atoms with E-state index in [1.54, 1.807) is 11.0 Å². The van der Waals surface area contributed by atoms with Crippen LogP contribution in [0.25, 0.3) is 0 Å². The molecule has 2 rings (SSSR count). The molecule has 0 aliphatic carbocycles. The van der Waals surface area contributed by atoms with Gasteiger partial charge < -0.3 is 20.1 Å². The molecular weight excluding hydrogens is 268 g/mol. The van der Waals surface area contributed by atoms with Gasteiger partial charge in [0.25, 0.3) is 0 Å². The number of urea groups is 1. The van der Waals surface area contributed by atoms with Crippen molar-refractivity contribution in [2.75, 3.05) is 26.3 Å². The first-order valence-corrected chi connectivity index (χ1v) is 7.19. The van der Waals surface area contributed by atoms with E-state index in [9.17, 15) is 4.79 Å². The standard InChI is InChI=1S/C16H22N2O3/c1-2-9-21-15-6-4-3-5-14(15)10-17-16(20)18-8-7-13(11-18)12-19/h2-6,13,19H,1,7-12H2,(H,17,20). The van der Waals surface area contributed by atoms with Gasteiger partial charge in [-0.1, -0.05) is 30.9 Å². The third-order valence-electron chi connectivity index (χ3n) is 3.59. The molecule has 0 aromatic heterocycles. The molecule has 0 bridgehead atoms. The molecule has 2 amide bonds. The topological polar surface area (TPSA) is 61.8 Å². The largest absolute Gasteiger partial charge is 0.489 e. The normalized spacial score (nSPS) is 17.6. The summed E-state index contributed by atoms with van der Waals surface area (Å²) in [5, 5.41) is 12.0. The molecule has 1 atom stereocenters. The summed E-state index contributed by atoms with van der Waals surface area (Å²) in [5.74, 6) is 0.964. The molecule has 1 heterocycles. The van der Waals surface area contributed by atoms with Gasteiger partial charge in [-0.3, -0.25) is 0 Å². The molecule has 1 aliphatic rings. The molecule has 0 radical (unpaired) electrons. The number of likely N-dealkylation sites (tertiary alicyclic amines) is 1. The van der Waals surface area contributed by atoms with Crippen LogP contribution in [0.15, 0.2) is 36.9 Å². The van der Waals surface area contributed by atoms with Crippen molar-refractivity contribution < 1.29 is 14.6 Å². The van der Waals surface area contributed by atoms with Gasteiger partial charge in [0.1, 0.15) is 12.4 Å². The molecule has 114 valence electrons. The highest BCUT2D eigenvalue weighted by molar-refractivity contribution is 5.74. The summed E-state index contributed by atoms with van der Waals surface area (Å²) in [4.78, 5) is 13.8. The summed E-state index contributed by atoms with van der Waals surface area (Å²) in [6.45, 7) is 5.95. The van der Waals surface area contributed by atoms with Crippen LogP contribution in [0.3, 0.4) is 0 Å². The summed E-state index contributed by atoms with van der Waals surface area (Å²) < 4.78 is 5.56. The maximum atomic E-state index is 12.1. The van der Waals surface area contributed by atoms with E-state index >= 15 is 0 Å². The van der Waals surface area contributed by atoms with Crippen molar-refractivity contribution in [2.45, 2.75) is 13.0 Å². The molecule has 21 heavy (non-hydrogen) atoms. The summed E-state index contributed by atoms with van der Waals surface area (Å²) in [5.41, 5.74) is 0.936. The van der Waals surface area contributed by atoms with E-state index in [2.05, 4.69) is 11.9 Å². The predicted molar refractivity (Wildman–Crippen MR) is 81.1 cm³/mol. The monoisotopic (exact) mass is 290 g/mol.